The van der Waals surface area contributed by atoms with Gasteiger partial charge >= 0.3 is 5.97 Å². The van der Waals surface area contributed by atoms with Crippen LogP contribution in [0.1, 0.15) is 12.0 Å². The lowest BCUT2D eigenvalue weighted by atomic mass is 10.2. The maximum absolute atomic E-state index is 10.9. The van der Waals surface area contributed by atoms with Crippen LogP contribution in [0.4, 0.5) is 5.13 Å². The molecule has 0 saturated heterocycles. The van der Waals surface area contributed by atoms with Crippen molar-refractivity contribution in [2.45, 2.75) is 6.42 Å². The number of methoxy groups -OCH3 is 1. The number of nitrogens with two attached hydrogens (primary N) is 1. The number of thiazole rings is 1. The molecule has 5 heteroatoms. The molecule has 86 valence electrons. The largest absolute Gasteiger partial charge is 0.468 e. The number of benzene rings is 1. The molecule has 1 aromatic carbocycles. The fraction of sp³-hybridized carbons (Fsp3) is 0.167. The molecule has 1 heterocycles. The van der Waals surface area contributed by atoms with Gasteiger partial charge in [-0.05, 0) is 12.1 Å². The van der Waals surface area contributed by atoms with Gasteiger partial charge in [0, 0.05) is 0 Å². The number of fused-ring (bicyclic) bond motifs is 1. The van der Waals surface area contributed by atoms with Crippen LogP contribution < -0.4 is 5.73 Å². The fourth-order valence-corrected chi connectivity index (χ4v) is 2.11. The average molecular weight is 246 g/mol. The first-order valence-corrected chi connectivity index (χ1v) is 5.73. The minimum atomic E-state index is -0.345. The number of carbonyl (C=O) groups excluding carboxylic acids is 1. The van der Waals surface area contributed by atoms with Crippen molar-refractivity contribution in [1.29, 1.82) is 0 Å². The van der Waals surface area contributed by atoms with Gasteiger partial charge < -0.3 is 10.5 Å². The molecule has 0 unspecified atom stereocenters. The summed E-state index contributed by atoms with van der Waals surface area (Å²) in [5, 5.41) is 0.516. The summed E-state index contributed by atoms with van der Waals surface area (Å²) in [5.74, 6) is 5.31. The molecule has 0 saturated carbocycles. The van der Waals surface area contributed by atoms with Gasteiger partial charge in [0.2, 0.25) is 0 Å². The number of aromatic nitrogens is 1. The van der Waals surface area contributed by atoms with Gasteiger partial charge in [0.15, 0.2) is 5.13 Å². The molecule has 0 atom stereocenters. The van der Waals surface area contributed by atoms with E-state index >= 15 is 0 Å². The molecule has 0 aliphatic rings. The molecule has 17 heavy (non-hydrogen) atoms. The molecular formula is C12H10N2O2S. The van der Waals surface area contributed by atoms with Crippen LogP contribution in [0.25, 0.3) is 10.2 Å². The number of hydrogen-bond acceptors (Lipinski definition) is 5. The molecule has 2 aromatic rings. The van der Waals surface area contributed by atoms with E-state index in [1.165, 1.54) is 18.4 Å². The minimum absolute atomic E-state index is 0.0759. The highest BCUT2D eigenvalue weighted by molar-refractivity contribution is 7.22. The Hall–Kier alpha value is -2.06. The molecule has 2 N–H and O–H groups in total. The molecule has 0 radical (unpaired) electrons. The summed E-state index contributed by atoms with van der Waals surface area (Å²) in [4.78, 5) is 15.1. The third-order valence-electron chi connectivity index (χ3n) is 2.12. The summed E-state index contributed by atoms with van der Waals surface area (Å²) in [7, 11) is 1.34. The van der Waals surface area contributed by atoms with Crippen molar-refractivity contribution >= 4 is 32.7 Å². The smallest absolute Gasteiger partial charge is 0.317 e. The summed E-state index contributed by atoms with van der Waals surface area (Å²) in [5.41, 5.74) is 7.20. The van der Waals surface area contributed by atoms with Gasteiger partial charge in [0.05, 0.1) is 22.9 Å². The molecule has 0 amide bonds. The Morgan fingerprint density at radius 1 is 1.59 bits per heavy atom. The van der Waals surface area contributed by atoms with Crippen molar-refractivity contribution in [3.05, 3.63) is 23.8 Å². The van der Waals surface area contributed by atoms with E-state index in [4.69, 9.17) is 5.73 Å². The van der Waals surface area contributed by atoms with Crippen LogP contribution in [-0.2, 0) is 9.53 Å². The van der Waals surface area contributed by atoms with Gasteiger partial charge in [-0.2, -0.15) is 0 Å². The van der Waals surface area contributed by atoms with E-state index in [0.29, 0.717) is 5.13 Å². The van der Waals surface area contributed by atoms with Crippen LogP contribution in [0.15, 0.2) is 18.2 Å². The summed E-state index contributed by atoms with van der Waals surface area (Å²) in [6, 6.07) is 5.68. The molecular weight excluding hydrogens is 236 g/mol. The molecule has 0 aliphatic carbocycles. The number of nitrogen functional groups attached to an aromatic ring is 1. The van der Waals surface area contributed by atoms with Gasteiger partial charge in [0.1, 0.15) is 6.42 Å². The number of hydrogen-bond donors (Lipinski definition) is 1. The topological polar surface area (TPSA) is 65.2 Å². The van der Waals surface area contributed by atoms with E-state index in [1.54, 1.807) is 0 Å². The van der Waals surface area contributed by atoms with E-state index in [9.17, 15) is 4.79 Å². The highest BCUT2D eigenvalue weighted by Crippen LogP contribution is 2.25. The van der Waals surface area contributed by atoms with Gasteiger partial charge in [-0.1, -0.05) is 29.2 Å². The fourth-order valence-electron chi connectivity index (χ4n) is 1.35. The van der Waals surface area contributed by atoms with Crippen molar-refractivity contribution < 1.29 is 9.53 Å². The standard InChI is InChI=1S/C12H10N2O2S/c1-16-10(15)7-3-5-8-4-2-6-9-11(8)14-12(13)17-9/h2,4,6H,7H2,1H3,(H2,13,14). The third-order valence-corrected chi connectivity index (χ3v) is 2.97. The second-order valence-corrected chi connectivity index (χ2v) is 4.32. The average Bonchev–Trinajstić information content (AvgIpc) is 2.70. The van der Waals surface area contributed by atoms with E-state index in [2.05, 4.69) is 21.6 Å². The zero-order chi connectivity index (χ0) is 12.3. The van der Waals surface area contributed by atoms with Gasteiger partial charge in [-0.25, -0.2) is 4.98 Å². The second-order valence-electron chi connectivity index (χ2n) is 3.26. The lowest BCUT2D eigenvalue weighted by Gasteiger charge is -1.92. The number of rotatable bonds is 1. The summed E-state index contributed by atoms with van der Waals surface area (Å²) >= 11 is 1.42. The Morgan fingerprint density at radius 2 is 2.41 bits per heavy atom. The molecule has 0 bridgehead atoms. The maximum atomic E-state index is 10.9. The van der Waals surface area contributed by atoms with Crippen molar-refractivity contribution in [2.24, 2.45) is 0 Å². The monoisotopic (exact) mass is 246 g/mol. The summed E-state index contributed by atoms with van der Waals surface area (Å²) in [6.45, 7) is 0. The number of carbonyl (C=O) groups is 1. The second kappa shape index (κ2) is 4.85. The molecule has 0 aliphatic heterocycles. The predicted octanol–water partition coefficient (Wildman–Crippen LogP) is 1.79. The Morgan fingerprint density at radius 3 is 3.18 bits per heavy atom. The summed E-state index contributed by atoms with van der Waals surface area (Å²) in [6.07, 6.45) is 0.0759. The lowest BCUT2D eigenvalue weighted by Crippen LogP contribution is -1.97. The Labute approximate surface area is 102 Å². The van der Waals surface area contributed by atoms with Gasteiger partial charge in [0.25, 0.3) is 0 Å². The molecule has 1 aromatic heterocycles. The number of anilines is 1. The number of nitrogens with zero attached hydrogens (tertiary/aromatic N) is 1. The van der Waals surface area contributed by atoms with Crippen molar-refractivity contribution in [2.75, 3.05) is 12.8 Å². The Balaban J connectivity index is 2.32. The quantitative estimate of drug-likeness (QED) is 0.615. The first-order chi connectivity index (χ1) is 8.20. The Kier molecular flexibility index (Phi) is 3.26. The summed E-state index contributed by atoms with van der Waals surface area (Å²) < 4.78 is 5.50. The third kappa shape index (κ3) is 2.55. The van der Waals surface area contributed by atoms with Gasteiger partial charge in [-0.15, -0.1) is 0 Å². The molecule has 0 fully saturated rings. The first kappa shape index (κ1) is 11.4. The zero-order valence-corrected chi connectivity index (χ0v) is 10.0. The van der Waals surface area contributed by atoms with E-state index in [0.717, 1.165) is 15.8 Å². The number of para-hydroxylation sites is 1. The first-order valence-electron chi connectivity index (χ1n) is 4.91. The van der Waals surface area contributed by atoms with E-state index in [1.807, 2.05) is 18.2 Å². The van der Waals surface area contributed by atoms with E-state index in [-0.39, 0.29) is 12.4 Å². The van der Waals surface area contributed by atoms with Crippen molar-refractivity contribution in [3.63, 3.8) is 0 Å². The highest BCUT2D eigenvalue weighted by atomic mass is 32.1. The normalized spacial score (nSPS) is 9.71. The molecule has 0 spiro atoms. The number of ether oxygens (including phenoxy) is 1. The van der Waals surface area contributed by atoms with Crippen LogP contribution in [0.5, 0.6) is 0 Å². The van der Waals surface area contributed by atoms with Crippen LogP contribution in [0.2, 0.25) is 0 Å². The minimum Gasteiger partial charge on any atom is -0.468 e. The molecule has 2 rings (SSSR count). The lowest BCUT2D eigenvalue weighted by molar-refractivity contribution is -0.139. The molecule has 4 nitrogen and oxygen atoms in total. The van der Waals surface area contributed by atoms with Crippen LogP contribution in [0.3, 0.4) is 0 Å². The van der Waals surface area contributed by atoms with Crippen LogP contribution in [-0.4, -0.2) is 18.1 Å². The Bertz CT molecular complexity index is 622. The van der Waals surface area contributed by atoms with E-state index < -0.39 is 0 Å². The zero-order valence-electron chi connectivity index (χ0n) is 9.19. The van der Waals surface area contributed by atoms with Gasteiger partial charge in [-0.3, -0.25) is 4.79 Å². The number of esters is 1. The van der Waals surface area contributed by atoms with Crippen LogP contribution in [0, 0.1) is 11.8 Å². The van der Waals surface area contributed by atoms with Crippen molar-refractivity contribution in [1.82, 2.24) is 4.98 Å². The predicted molar refractivity (Wildman–Crippen MR) is 67.5 cm³/mol. The van der Waals surface area contributed by atoms with Crippen LogP contribution >= 0.6 is 11.3 Å². The maximum Gasteiger partial charge on any atom is 0.317 e. The van der Waals surface area contributed by atoms with Crippen molar-refractivity contribution in [3.8, 4) is 11.8 Å². The SMILES string of the molecule is COC(=O)CC#Cc1cccc2sc(N)nc12. The highest BCUT2D eigenvalue weighted by Gasteiger charge is 2.04.